The molecule has 0 unspecified atom stereocenters. The number of nitrogens with one attached hydrogen (secondary N) is 1. The monoisotopic (exact) mass is 473 g/mol. The van der Waals surface area contributed by atoms with Crippen molar-refractivity contribution in [3.63, 3.8) is 0 Å². The number of anilines is 1. The first-order chi connectivity index (χ1) is 15.7. The maximum Gasteiger partial charge on any atom is 0.340 e. The maximum atomic E-state index is 13.3. The molecule has 33 heavy (non-hydrogen) atoms. The summed E-state index contributed by atoms with van der Waals surface area (Å²) in [7, 11) is -4.29. The first-order valence-electron chi connectivity index (χ1n) is 10.7. The SMILES string of the molecule is CCOC(=O)c1ccccc1NC(=O)CN(C(=O)N1CCCC1)S(=O)(=O)c1ccc(C)cc1. The predicted molar refractivity (Wildman–Crippen MR) is 122 cm³/mol. The minimum atomic E-state index is -4.29. The highest BCUT2D eigenvalue weighted by Crippen LogP contribution is 2.21. The van der Waals surface area contributed by atoms with Crippen molar-refractivity contribution in [1.29, 1.82) is 0 Å². The summed E-state index contributed by atoms with van der Waals surface area (Å²) in [5.41, 5.74) is 1.16. The third kappa shape index (κ3) is 5.70. The molecule has 0 bridgehead atoms. The van der Waals surface area contributed by atoms with Crippen LogP contribution in [0.5, 0.6) is 0 Å². The van der Waals surface area contributed by atoms with Crippen LogP contribution >= 0.6 is 0 Å². The lowest BCUT2D eigenvalue weighted by Crippen LogP contribution is -2.48. The van der Waals surface area contributed by atoms with Crippen LogP contribution in [0.15, 0.2) is 53.4 Å². The fraction of sp³-hybridized carbons (Fsp3) is 0.348. The summed E-state index contributed by atoms with van der Waals surface area (Å²) < 4.78 is 32.2. The van der Waals surface area contributed by atoms with Crippen LogP contribution in [0.4, 0.5) is 10.5 Å². The zero-order chi connectivity index (χ0) is 24.0. The maximum absolute atomic E-state index is 13.3. The number of nitrogens with zero attached hydrogens (tertiary/aromatic N) is 2. The van der Waals surface area contributed by atoms with E-state index in [1.165, 1.54) is 29.2 Å². The van der Waals surface area contributed by atoms with Gasteiger partial charge in [-0.3, -0.25) is 4.79 Å². The van der Waals surface area contributed by atoms with Gasteiger partial charge >= 0.3 is 12.0 Å². The first kappa shape index (κ1) is 24.2. The number of likely N-dealkylation sites (tertiary alicyclic amines) is 1. The number of ether oxygens (including phenoxy) is 1. The van der Waals surface area contributed by atoms with E-state index in [2.05, 4.69) is 5.32 Å². The molecule has 1 saturated heterocycles. The van der Waals surface area contributed by atoms with Crippen LogP contribution in [-0.2, 0) is 19.6 Å². The van der Waals surface area contributed by atoms with E-state index >= 15 is 0 Å². The molecule has 0 aromatic heterocycles. The number of para-hydroxylation sites is 1. The summed E-state index contributed by atoms with van der Waals surface area (Å²) in [6, 6.07) is 11.5. The highest BCUT2D eigenvalue weighted by Gasteiger charge is 2.35. The largest absolute Gasteiger partial charge is 0.462 e. The van der Waals surface area contributed by atoms with Gasteiger partial charge in [0.2, 0.25) is 5.91 Å². The number of amides is 3. The molecule has 3 rings (SSSR count). The van der Waals surface area contributed by atoms with Gasteiger partial charge in [-0.2, -0.15) is 0 Å². The lowest BCUT2D eigenvalue weighted by molar-refractivity contribution is -0.116. The minimum absolute atomic E-state index is 0.0830. The van der Waals surface area contributed by atoms with E-state index in [0.717, 1.165) is 18.4 Å². The lowest BCUT2D eigenvalue weighted by atomic mass is 10.2. The second-order valence-corrected chi connectivity index (χ2v) is 9.48. The summed E-state index contributed by atoms with van der Waals surface area (Å²) in [6.07, 6.45) is 1.53. The Labute approximate surface area is 193 Å². The number of sulfonamides is 1. The Bertz CT molecular complexity index is 1130. The smallest absolute Gasteiger partial charge is 0.340 e. The molecule has 0 spiro atoms. The second-order valence-electron chi connectivity index (χ2n) is 7.62. The van der Waals surface area contributed by atoms with E-state index in [0.29, 0.717) is 17.4 Å². The van der Waals surface area contributed by atoms with Crippen molar-refractivity contribution in [3.05, 3.63) is 59.7 Å². The van der Waals surface area contributed by atoms with E-state index in [1.807, 2.05) is 6.92 Å². The normalized spacial score (nSPS) is 13.5. The Balaban J connectivity index is 1.88. The number of benzene rings is 2. The highest BCUT2D eigenvalue weighted by molar-refractivity contribution is 7.89. The minimum Gasteiger partial charge on any atom is -0.462 e. The number of hydrogen-bond acceptors (Lipinski definition) is 6. The number of rotatable bonds is 7. The van der Waals surface area contributed by atoms with Crippen LogP contribution in [0.3, 0.4) is 0 Å². The zero-order valence-electron chi connectivity index (χ0n) is 18.6. The number of carbonyl (C=O) groups excluding carboxylic acids is 3. The van der Waals surface area contributed by atoms with Gasteiger partial charge in [0, 0.05) is 13.1 Å². The Morgan fingerprint density at radius 2 is 1.67 bits per heavy atom. The van der Waals surface area contributed by atoms with Crippen LogP contribution in [0, 0.1) is 6.92 Å². The van der Waals surface area contributed by atoms with Crippen molar-refractivity contribution in [2.75, 3.05) is 31.6 Å². The number of aryl methyl sites for hydroxylation is 1. The van der Waals surface area contributed by atoms with E-state index in [4.69, 9.17) is 4.74 Å². The average Bonchev–Trinajstić information content (AvgIpc) is 3.33. The van der Waals surface area contributed by atoms with Crippen molar-refractivity contribution in [2.45, 2.75) is 31.6 Å². The molecule has 10 heteroatoms. The molecule has 0 saturated carbocycles. The van der Waals surface area contributed by atoms with Gasteiger partial charge in [0.15, 0.2) is 0 Å². The Morgan fingerprint density at radius 3 is 2.30 bits per heavy atom. The summed E-state index contributed by atoms with van der Waals surface area (Å²) in [4.78, 5) is 39.5. The van der Waals surface area contributed by atoms with Gasteiger partial charge in [0.1, 0.15) is 6.54 Å². The Hall–Kier alpha value is -3.40. The molecular weight excluding hydrogens is 446 g/mol. The standard InChI is InChI=1S/C23H27N3O6S/c1-3-32-22(28)19-8-4-5-9-20(19)24-21(27)16-26(23(29)25-14-6-7-15-25)33(30,31)18-12-10-17(2)11-13-18/h4-5,8-13H,3,6-7,14-16H2,1-2H3,(H,24,27). The fourth-order valence-corrected chi connectivity index (χ4v) is 4.80. The second kappa shape index (κ2) is 10.5. The van der Waals surface area contributed by atoms with Crippen LogP contribution in [-0.4, -0.2) is 61.8 Å². The van der Waals surface area contributed by atoms with Crippen LogP contribution in [0.1, 0.15) is 35.7 Å². The van der Waals surface area contributed by atoms with E-state index in [-0.39, 0.29) is 22.8 Å². The molecule has 3 amide bonds. The highest BCUT2D eigenvalue weighted by atomic mass is 32.2. The third-order valence-corrected chi connectivity index (χ3v) is 6.92. The molecule has 2 aromatic carbocycles. The van der Waals surface area contributed by atoms with Gasteiger partial charge in [-0.25, -0.2) is 22.3 Å². The number of carbonyl (C=O) groups is 3. The Morgan fingerprint density at radius 1 is 1.03 bits per heavy atom. The molecule has 9 nitrogen and oxygen atoms in total. The molecule has 0 radical (unpaired) electrons. The van der Waals surface area contributed by atoms with Crippen molar-refractivity contribution in [1.82, 2.24) is 9.21 Å². The third-order valence-electron chi connectivity index (χ3n) is 5.18. The zero-order valence-corrected chi connectivity index (χ0v) is 19.4. The van der Waals surface area contributed by atoms with E-state index in [1.54, 1.807) is 31.2 Å². The molecule has 1 aliphatic heterocycles. The summed E-state index contributed by atoms with van der Waals surface area (Å²) >= 11 is 0. The molecule has 2 aromatic rings. The van der Waals surface area contributed by atoms with Crippen LogP contribution in [0.2, 0.25) is 0 Å². The predicted octanol–water partition coefficient (Wildman–Crippen LogP) is 3.02. The van der Waals surface area contributed by atoms with Crippen molar-refractivity contribution >= 4 is 33.6 Å². The van der Waals surface area contributed by atoms with E-state index in [9.17, 15) is 22.8 Å². The number of hydrogen-bond donors (Lipinski definition) is 1. The molecule has 176 valence electrons. The molecular formula is C23H27N3O6S. The molecule has 0 aliphatic carbocycles. The van der Waals surface area contributed by atoms with Gasteiger partial charge in [-0.05, 0) is 51.0 Å². The van der Waals surface area contributed by atoms with Crippen molar-refractivity contribution < 1.29 is 27.5 Å². The van der Waals surface area contributed by atoms with Crippen molar-refractivity contribution in [2.24, 2.45) is 0 Å². The van der Waals surface area contributed by atoms with Crippen LogP contribution < -0.4 is 5.32 Å². The molecule has 1 fully saturated rings. The molecule has 1 heterocycles. The quantitative estimate of drug-likeness (QED) is 0.619. The number of esters is 1. The molecule has 0 atom stereocenters. The Kier molecular flexibility index (Phi) is 7.70. The molecule has 1 aliphatic rings. The van der Waals surface area contributed by atoms with Gasteiger partial charge in [-0.1, -0.05) is 29.8 Å². The topological polar surface area (TPSA) is 113 Å². The first-order valence-corrected chi connectivity index (χ1v) is 12.1. The fourth-order valence-electron chi connectivity index (χ4n) is 3.46. The van der Waals surface area contributed by atoms with Gasteiger partial charge in [0.25, 0.3) is 10.0 Å². The summed E-state index contributed by atoms with van der Waals surface area (Å²) in [5.74, 6) is -1.37. The molecule has 1 N–H and O–H groups in total. The average molecular weight is 474 g/mol. The van der Waals surface area contributed by atoms with Crippen LogP contribution in [0.25, 0.3) is 0 Å². The number of urea groups is 1. The van der Waals surface area contributed by atoms with E-state index < -0.39 is 34.5 Å². The summed E-state index contributed by atoms with van der Waals surface area (Å²) in [5, 5.41) is 2.54. The lowest BCUT2D eigenvalue weighted by Gasteiger charge is -2.27. The van der Waals surface area contributed by atoms with Gasteiger partial charge in [-0.15, -0.1) is 0 Å². The summed E-state index contributed by atoms with van der Waals surface area (Å²) in [6.45, 7) is 3.75. The van der Waals surface area contributed by atoms with Gasteiger partial charge < -0.3 is 15.0 Å². The van der Waals surface area contributed by atoms with Crippen molar-refractivity contribution in [3.8, 4) is 0 Å². The van der Waals surface area contributed by atoms with Gasteiger partial charge in [0.05, 0.1) is 22.8 Å².